The summed E-state index contributed by atoms with van der Waals surface area (Å²) in [7, 11) is 0. The van der Waals surface area contributed by atoms with Crippen LogP contribution in [0.4, 0.5) is 5.82 Å². The van der Waals surface area contributed by atoms with Gasteiger partial charge in [0.25, 0.3) is 0 Å². The lowest BCUT2D eigenvalue weighted by molar-refractivity contribution is 0.722. The molecule has 0 unspecified atom stereocenters. The summed E-state index contributed by atoms with van der Waals surface area (Å²) in [4.78, 5) is 4.27. The molecule has 0 saturated carbocycles. The molecule has 1 aromatic carbocycles. The first-order valence-corrected chi connectivity index (χ1v) is 7.51. The Bertz CT molecular complexity index is 601. The van der Waals surface area contributed by atoms with Gasteiger partial charge in [-0.05, 0) is 59.2 Å². The lowest BCUT2D eigenvalue weighted by Crippen LogP contribution is -2.31. The van der Waals surface area contributed by atoms with Crippen LogP contribution < -0.4 is 10.6 Å². The van der Waals surface area contributed by atoms with E-state index in [2.05, 4.69) is 50.6 Å². The van der Waals surface area contributed by atoms with Crippen molar-refractivity contribution in [2.75, 3.05) is 5.32 Å². The van der Waals surface area contributed by atoms with Crippen LogP contribution in [0.25, 0.3) is 0 Å². The molecule has 0 radical (unpaired) electrons. The molecule has 2 aromatic rings. The van der Waals surface area contributed by atoms with E-state index in [0.29, 0.717) is 5.11 Å². The maximum atomic E-state index is 5.31. The number of hydrogen-bond donors (Lipinski definition) is 2. The second-order valence-electron chi connectivity index (χ2n) is 4.55. The van der Waals surface area contributed by atoms with Gasteiger partial charge in [-0.3, -0.25) is 0 Å². The van der Waals surface area contributed by atoms with Gasteiger partial charge in [-0.1, -0.05) is 30.3 Å². The maximum Gasteiger partial charge on any atom is 0.172 e. The van der Waals surface area contributed by atoms with Crippen molar-refractivity contribution in [1.29, 1.82) is 0 Å². The molecule has 2 rings (SSSR count). The first kappa shape index (κ1) is 14.9. The zero-order chi connectivity index (χ0) is 14.5. The summed E-state index contributed by atoms with van der Waals surface area (Å²) in [5.41, 5.74) is 2.30. The highest BCUT2D eigenvalue weighted by Gasteiger charge is 2.07. The van der Waals surface area contributed by atoms with E-state index in [1.165, 1.54) is 5.56 Å². The van der Waals surface area contributed by atoms with Crippen LogP contribution in [0.2, 0.25) is 0 Å². The fourth-order valence-corrected chi connectivity index (χ4v) is 2.28. The SMILES string of the molecule is Cc1cc(NC(=S)N[C@@H](C)c2ccccc2)ncc1Br. The predicted octanol–water partition coefficient (Wildman–Crippen LogP) is 4.20. The topological polar surface area (TPSA) is 37.0 Å². The number of halogens is 1. The Labute approximate surface area is 132 Å². The van der Waals surface area contributed by atoms with Gasteiger partial charge < -0.3 is 10.6 Å². The standard InChI is InChI=1S/C15H16BrN3S/c1-10-8-14(17-9-13(10)16)19-15(20)18-11(2)12-6-4-3-5-7-12/h3-9,11H,1-2H3,(H2,17,18,19,20)/t11-/m0/s1. The van der Waals surface area contributed by atoms with Gasteiger partial charge >= 0.3 is 0 Å². The van der Waals surface area contributed by atoms with Crippen molar-refractivity contribution in [2.45, 2.75) is 19.9 Å². The monoisotopic (exact) mass is 349 g/mol. The third-order valence-electron chi connectivity index (χ3n) is 2.94. The van der Waals surface area contributed by atoms with Gasteiger partial charge in [-0.2, -0.15) is 0 Å². The van der Waals surface area contributed by atoms with E-state index in [1.54, 1.807) is 6.20 Å². The van der Waals surface area contributed by atoms with Gasteiger partial charge in [0, 0.05) is 10.7 Å². The molecule has 1 aromatic heterocycles. The normalized spacial score (nSPS) is 11.8. The molecule has 0 aliphatic carbocycles. The molecular weight excluding hydrogens is 334 g/mol. The van der Waals surface area contributed by atoms with Gasteiger partial charge in [0.15, 0.2) is 5.11 Å². The number of aromatic nitrogens is 1. The summed E-state index contributed by atoms with van der Waals surface area (Å²) in [6.45, 7) is 4.09. The zero-order valence-corrected chi connectivity index (χ0v) is 13.8. The van der Waals surface area contributed by atoms with Crippen molar-refractivity contribution >= 4 is 39.1 Å². The van der Waals surface area contributed by atoms with Crippen LogP contribution in [-0.2, 0) is 0 Å². The predicted molar refractivity (Wildman–Crippen MR) is 90.9 cm³/mol. The fourth-order valence-electron chi connectivity index (χ4n) is 1.78. The van der Waals surface area contributed by atoms with Crippen molar-refractivity contribution in [3.8, 4) is 0 Å². The first-order chi connectivity index (χ1) is 9.56. The highest BCUT2D eigenvalue weighted by atomic mass is 79.9. The second-order valence-corrected chi connectivity index (χ2v) is 5.81. The van der Waals surface area contributed by atoms with Crippen molar-refractivity contribution in [1.82, 2.24) is 10.3 Å². The highest BCUT2D eigenvalue weighted by Crippen LogP contribution is 2.17. The van der Waals surface area contributed by atoms with Crippen LogP contribution in [0.3, 0.4) is 0 Å². The zero-order valence-electron chi connectivity index (χ0n) is 11.4. The fraction of sp³-hybridized carbons (Fsp3) is 0.200. The molecule has 0 aliphatic rings. The molecule has 0 aliphatic heterocycles. The number of aryl methyl sites for hydroxylation is 1. The minimum atomic E-state index is 0.146. The van der Waals surface area contributed by atoms with Crippen molar-refractivity contribution in [3.63, 3.8) is 0 Å². The summed E-state index contributed by atoms with van der Waals surface area (Å²) >= 11 is 8.74. The summed E-state index contributed by atoms with van der Waals surface area (Å²) < 4.78 is 0.986. The molecule has 1 atom stereocenters. The quantitative estimate of drug-likeness (QED) is 0.814. The molecule has 0 saturated heterocycles. The highest BCUT2D eigenvalue weighted by molar-refractivity contribution is 9.10. The van der Waals surface area contributed by atoms with Crippen LogP contribution in [0.5, 0.6) is 0 Å². The Kier molecular flexibility index (Phi) is 5.09. The lowest BCUT2D eigenvalue weighted by atomic mass is 10.1. The molecule has 0 spiro atoms. The van der Waals surface area contributed by atoms with E-state index < -0.39 is 0 Å². The Morgan fingerprint density at radius 2 is 2.00 bits per heavy atom. The van der Waals surface area contributed by atoms with Gasteiger partial charge in [-0.25, -0.2) is 4.98 Å². The summed E-state index contributed by atoms with van der Waals surface area (Å²) in [5, 5.41) is 6.91. The second kappa shape index (κ2) is 6.81. The molecule has 5 heteroatoms. The molecule has 0 bridgehead atoms. The average Bonchev–Trinajstić information content (AvgIpc) is 2.44. The van der Waals surface area contributed by atoms with Crippen LogP contribution >= 0.6 is 28.1 Å². The Morgan fingerprint density at radius 1 is 1.30 bits per heavy atom. The van der Waals surface area contributed by atoms with E-state index in [9.17, 15) is 0 Å². The van der Waals surface area contributed by atoms with Crippen LogP contribution in [0.1, 0.15) is 24.1 Å². The third kappa shape index (κ3) is 4.02. The lowest BCUT2D eigenvalue weighted by Gasteiger charge is -2.17. The Morgan fingerprint density at radius 3 is 2.65 bits per heavy atom. The van der Waals surface area contributed by atoms with Crippen molar-refractivity contribution in [3.05, 3.63) is 58.2 Å². The van der Waals surface area contributed by atoms with Crippen LogP contribution in [-0.4, -0.2) is 10.1 Å². The van der Waals surface area contributed by atoms with Gasteiger partial charge in [-0.15, -0.1) is 0 Å². The van der Waals surface area contributed by atoms with Gasteiger partial charge in [0.2, 0.25) is 0 Å². The largest absolute Gasteiger partial charge is 0.356 e. The number of pyridine rings is 1. The van der Waals surface area contributed by atoms with E-state index in [1.807, 2.05) is 31.2 Å². The molecule has 104 valence electrons. The molecule has 1 heterocycles. The van der Waals surface area contributed by atoms with Gasteiger partial charge in [0.1, 0.15) is 5.82 Å². The van der Waals surface area contributed by atoms with E-state index in [-0.39, 0.29) is 6.04 Å². The average molecular weight is 350 g/mol. The third-order valence-corrected chi connectivity index (χ3v) is 3.99. The number of thiocarbonyl (C=S) groups is 1. The van der Waals surface area contributed by atoms with Crippen molar-refractivity contribution < 1.29 is 0 Å². The number of anilines is 1. The van der Waals surface area contributed by atoms with E-state index in [4.69, 9.17) is 12.2 Å². The van der Waals surface area contributed by atoms with E-state index >= 15 is 0 Å². The molecule has 0 fully saturated rings. The minimum absolute atomic E-state index is 0.146. The summed E-state index contributed by atoms with van der Waals surface area (Å²) in [6.07, 6.45) is 1.76. The Balaban J connectivity index is 1.97. The smallest absolute Gasteiger partial charge is 0.172 e. The van der Waals surface area contributed by atoms with Crippen LogP contribution in [0.15, 0.2) is 47.1 Å². The molecule has 0 amide bonds. The van der Waals surface area contributed by atoms with Gasteiger partial charge in [0.05, 0.1) is 6.04 Å². The Hall–Kier alpha value is -1.46. The molecule has 20 heavy (non-hydrogen) atoms. The number of hydrogen-bond acceptors (Lipinski definition) is 2. The number of nitrogens with one attached hydrogen (secondary N) is 2. The van der Waals surface area contributed by atoms with E-state index in [0.717, 1.165) is 15.9 Å². The number of rotatable bonds is 3. The number of benzene rings is 1. The first-order valence-electron chi connectivity index (χ1n) is 6.31. The molecular formula is C15H16BrN3S. The minimum Gasteiger partial charge on any atom is -0.356 e. The van der Waals surface area contributed by atoms with Crippen molar-refractivity contribution in [2.24, 2.45) is 0 Å². The molecule has 2 N–H and O–H groups in total. The molecule has 3 nitrogen and oxygen atoms in total. The maximum absolute atomic E-state index is 5.31. The summed E-state index contributed by atoms with van der Waals surface area (Å²) in [6, 6.07) is 12.3. The summed E-state index contributed by atoms with van der Waals surface area (Å²) in [5.74, 6) is 0.739. The number of nitrogens with zero attached hydrogens (tertiary/aromatic N) is 1. The van der Waals surface area contributed by atoms with Crippen LogP contribution in [0, 0.1) is 6.92 Å².